The molecule has 3 saturated heterocycles. The van der Waals surface area contributed by atoms with Crippen LogP contribution in [0.1, 0.15) is 11.1 Å². The Hall–Kier alpha value is -1.30. The second kappa shape index (κ2) is 5.72. The van der Waals surface area contributed by atoms with Gasteiger partial charge in [0.1, 0.15) is 18.5 Å². The lowest BCUT2D eigenvalue weighted by atomic mass is 10.1. The number of hydrogen-bond acceptors (Lipinski definition) is 5. The average molecular weight is 305 g/mol. The summed E-state index contributed by atoms with van der Waals surface area (Å²) in [6.07, 6.45) is 1.04. The lowest BCUT2D eigenvalue weighted by molar-refractivity contribution is 0.263. The molecule has 3 atom stereocenters. The van der Waals surface area contributed by atoms with E-state index in [2.05, 4.69) is 30.9 Å². The van der Waals surface area contributed by atoms with Crippen LogP contribution in [0.2, 0.25) is 0 Å². The van der Waals surface area contributed by atoms with Gasteiger partial charge in [0.15, 0.2) is 0 Å². The van der Waals surface area contributed by atoms with E-state index in [-0.39, 0.29) is 6.10 Å². The van der Waals surface area contributed by atoms with Crippen LogP contribution in [0, 0.1) is 13.8 Å². The fourth-order valence-corrected chi connectivity index (χ4v) is 2.95. The smallest absolute Gasteiger partial charge is 0.120 e. The third kappa shape index (κ3) is 3.54. The molecule has 0 bridgehead atoms. The van der Waals surface area contributed by atoms with Crippen molar-refractivity contribution in [2.75, 3.05) is 44.4 Å². The number of ether oxygens (including phenoxy) is 4. The molecule has 4 rings (SSSR count). The van der Waals surface area contributed by atoms with Gasteiger partial charge in [0.2, 0.25) is 0 Å². The van der Waals surface area contributed by atoms with Gasteiger partial charge in [-0.05, 0) is 37.1 Å². The molecular weight excluding hydrogens is 282 g/mol. The van der Waals surface area contributed by atoms with Gasteiger partial charge in [-0.1, -0.05) is 0 Å². The molecule has 0 saturated carbocycles. The van der Waals surface area contributed by atoms with Gasteiger partial charge in [-0.25, -0.2) is 0 Å². The Morgan fingerprint density at radius 3 is 1.91 bits per heavy atom. The van der Waals surface area contributed by atoms with Crippen LogP contribution in [-0.4, -0.2) is 57.8 Å². The molecule has 0 aliphatic carbocycles. The number of aryl methyl sites for hydroxylation is 2. The molecular formula is C17H23NO4. The average Bonchev–Trinajstić information content (AvgIpc) is 3.33. The van der Waals surface area contributed by atoms with E-state index in [9.17, 15) is 0 Å². The van der Waals surface area contributed by atoms with Crippen LogP contribution in [0.15, 0.2) is 12.1 Å². The summed E-state index contributed by atoms with van der Waals surface area (Å²) in [6.45, 7) is 9.41. The van der Waals surface area contributed by atoms with E-state index in [1.54, 1.807) is 0 Å². The number of hydrogen-bond donors (Lipinski definition) is 0. The van der Waals surface area contributed by atoms with Crippen molar-refractivity contribution >= 4 is 5.69 Å². The lowest BCUT2D eigenvalue weighted by Gasteiger charge is -2.27. The second-order valence-corrected chi connectivity index (χ2v) is 6.49. The first-order chi connectivity index (χ1) is 10.7. The maximum Gasteiger partial charge on any atom is 0.120 e. The first-order valence-electron chi connectivity index (χ1n) is 8.03. The van der Waals surface area contributed by atoms with E-state index >= 15 is 0 Å². The summed E-state index contributed by atoms with van der Waals surface area (Å²) in [7, 11) is 0. The van der Waals surface area contributed by atoms with Crippen molar-refractivity contribution in [3.63, 3.8) is 0 Å². The Labute approximate surface area is 131 Å². The summed E-state index contributed by atoms with van der Waals surface area (Å²) in [4.78, 5) is 2.41. The summed E-state index contributed by atoms with van der Waals surface area (Å²) in [5, 5.41) is 0. The zero-order valence-corrected chi connectivity index (χ0v) is 13.2. The van der Waals surface area contributed by atoms with Gasteiger partial charge in [-0.3, -0.25) is 0 Å². The van der Waals surface area contributed by atoms with Crippen molar-refractivity contribution in [3.8, 4) is 5.75 Å². The van der Waals surface area contributed by atoms with E-state index in [0.29, 0.717) is 18.8 Å². The molecule has 1 aromatic carbocycles. The fraction of sp³-hybridized carbons (Fsp3) is 0.647. The van der Waals surface area contributed by atoms with Crippen molar-refractivity contribution in [1.82, 2.24) is 0 Å². The van der Waals surface area contributed by atoms with Gasteiger partial charge in [-0.15, -0.1) is 0 Å². The van der Waals surface area contributed by atoms with Gasteiger partial charge in [0.25, 0.3) is 0 Å². The molecule has 22 heavy (non-hydrogen) atoms. The van der Waals surface area contributed by atoms with Crippen LogP contribution in [-0.2, 0) is 14.2 Å². The molecule has 5 nitrogen and oxygen atoms in total. The molecule has 0 amide bonds. The van der Waals surface area contributed by atoms with E-state index in [1.807, 2.05) is 0 Å². The zero-order valence-electron chi connectivity index (χ0n) is 13.2. The second-order valence-electron chi connectivity index (χ2n) is 6.49. The number of nitrogens with zero attached hydrogens (tertiary/aromatic N) is 1. The molecule has 1 aromatic rings. The molecule has 120 valence electrons. The Kier molecular flexibility index (Phi) is 3.72. The molecule has 3 heterocycles. The van der Waals surface area contributed by atoms with Crippen molar-refractivity contribution in [1.29, 1.82) is 0 Å². The standard InChI is InChI=1S/C17H23NO4/c1-11-3-13(19-9-16-10-22-16)4-12(2)17(11)18(5-14-7-20-14)6-15-8-21-15/h3-4,14-16H,5-10H2,1-2H3. The quantitative estimate of drug-likeness (QED) is 0.684. The van der Waals surface area contributed by atoms with Crippen molar-refractivity contribution in [2.24, 2.45) is 0 Å². The van der Waals surface area contributed by atoms with Crippen LogP contribution >= 0.6 is 0 Å². The van der Waals surface area contributed by atoms with E-state index in [1.165, 1.54) is 16.8 Å². The Bertz CT molecular complexity index is 513. The normalized spacial score (nSPS) is 28.4. The molecule has 3 fully saturated rings. The van der Waals surface area contributed by atoms with Crippen LogP contribution in [0.3, 0.4) is 0 Å². The third-order valence-electron chi connectivity index (χ3n) is 4.27. The fourth-order valence-electron chi connectivity index (χ4n) is 2.95. The Morgan fingerprint density at radius 2 is 1.45 bits per heavy atom. The summed E-state index contributed by atoms with van der Waals surface area (Å²) < 4.78 is 21.8. The molecule has 3 aliphatic heterocycles. The minimum absolute atomic E-state index is 0.288. The van der Waals surface area contributed by atoms with Gasteiger partial charge in [-0.2, -0.15) is 0 Å². The highest BCUT2D eigenvalue weighted by Gasteiger charge is 2.32. The minimum atomic E-state index is 0.288. The number of epoxide rings is 3. The summed E-state index contributed by atoms with van der Waals surface area (Å²) in [5.41, 5.74) is 3.78. The third-order valence-corrected chi connectivity index (χ3v) is 4.27. The first-order valence-corrected chi connectivity index (χ1v) is 8.03. The van der Waals surface area contributed by atoms with Gasteiger partial charge in [0, 0.05) is 18.8 Å². The first kappa shape index (κ1) is 14.3. The molecule has 0 aromatic heterocycles. The Morgan fingerprint density at radius 1 is 0.955 bits per heavy atom. The van der Waals surface area contributed by atoms with Gasteiger partial charge >= 0.3 is 0 Å². The molecule has 5 heteroatoms. The predicted octanol–water partition coefficient (Wildman–Crippen LogP) is 1.69. The van der Waals surface area contributed by atoms with Crippen molar-refractivity contribution in [2.45, 2.75) is 32.2 Å². The zero-order chi connectivity index (χ0) is 15.1. The lowest BCUT2D eigenvalue weighted by Crippen LogP contribution is -2.32. The highest BCUT2D eigenvalue weighted by molar-refractivity contribution is 5.62. The summed E-state index contributed by atoms with van der Waals surface area (Å²) in [5.74, 6) is 0.930. The predicted molar refractivity (Wildman–Crippen MR) is 82.8 cm³/mol. The minimum Gasteiger partial charge on any atom is -0.491 e. The van der Waals surface area contributed by atoms with Crippen molar-refractivity contribution in [3.05, 3.63) is 23.3 Å². The van der Waals surface area contributed by atoms with Crippen LogP contribution in [0.4, 0.5) is 5.69 Å². The Balaban J connectivity index is 1.51. The molecule has 0 spiro atoms. The summed E-state index contributed by atoms with van der Waals surface area (Å²) >= 11 is 0. The van der Waals surface area contributed by atoms with E-state index in [4.69, 9.17) is 18.9 Å². The maximum atomic E-state index is 5.82. The SMILES string of the molecule is Cc1cc(OCC2CO2)cc(C)c1N(CC1CO1)CC1CO1. The van der Waals surface area contributed by atoms with Crippen LogP contribution in [0.25, 0.3) is 0 Å². The maximum absolute atomic E-state index is 5.82. The molecule has 3 unspecified atom stereocenters. The molecule has 3 aliphatic rings. The highest BCUT2D eigenvalue weighted by Crippen LogP contribution is 2.32. The van der Waals surface area contributed by atoms with Gasteiger partial charge in [0.05, 0.1) is 32.0 Å². The van der Waals surface area contributed by atoms with Crippen LogP contribution in [0.5, 0.6) is 5.75 Å². The van der Waals surface area contributed by atoms with E-state index < -0.39 is 0 Å². The molecule has 0 N–H and O–H groups in total. The topological polar surface area (TPSA) is 50.1 Å². The van der Waals surface area contributed by atoms with Crippen molar-refractivity contribution < 1.29 is 18.9 Å². The van der Waals surface area contributed by atoms with Crippen LogP contribution < -0.4 is 9.64 Å². The van der Waals surface area contributed by atoms with Gasteiger partial charge < -0.3 is 23.8 Å². The van der Waals surface area contributed by atoms with E-state index in [0.717, 1.165) is 38.7 Å². The number of anilines is 1. The molecule has 0 radical (unpaired) electrons. The number of benzene rings is 1. The highest BCUT2D eigenvalue weighted by atomic mass is 16.6. The monoisotopic (exact) mass is 305 g/mol. The number of rotatable bonds is 8. The largest absolute Gasteiger partial charge is 0.491 e. The summed E-state index contributed by atoms with van der Waals surface area (Å²) in [6, 6.07) is 4.25.